The number of carbonyl (C=O) groups excluding carboxylic acids is 1. The van der Waals surface area contributed by atoms with E-state index in [0.717, 1.165) is 33.5 Å². The van der Waals surface area contributed by atoms with Gasteiger partial charge in [-0.15, -0.1) is 0 Å². The Balaban J connectivity index is 1.83. The van der Waals surface area contributed by atoms with E-state index in [2.05, 4.69) is 0 Å². The molecule has 0 radical (unpaired) electrons. The number of carboxylic acid groups (broad SMARTS) is 2. The maximum atomic E-state index is 12.7. The maximum Gasteiger partial charge on any atom is 0.326 e. The Morgan fingerprint density at radius 1 is 1.33 bits per heavy atom. The van der Waals surface area contributed by atoms with E-state index < -0.39 is 23.9 Å². The second-order valence-corrected chi connectivity index (χ2v) is 7.56. The molecule has 0 aromatic heterocycles. The minimum Gasteiger partial charge on any atom is -0.488 e. The standard InChI is InChI=1S/C18H15NO6S2/c20-15(21)6-5-12(17(23)24)19-16(22)14(27-18(19)26)8-10-7-11-3-1-2-4-13(11)25-9-10/h1-4,7-8,12H,5-6,9H2,(H,20,21)(H,23,24)/b14-8-/t12-/m0/s1. The zero-order chi connectivity index (χ0) is 19.6. The number of carboxylic acids is 2. The first-order chi connectivity index (χ1) is 12.9. The third kappa shape index (κ3) is 4.20. The van der Waals surface area contributed by atoms with Crippen LogP contribution in [0.3, 0.4) is 0 Å². The molecule has 3 rings (SSSR count). The SMILES string of the molecule is O=C(O)CC[C@@H](C(=O)O)N1C(=O)/C(=C/C2=Cc3ccccc3OC2)SC1=S. The Bertz CT molecular complexity index is 892. The molecule has 0 unspecified atom stereocenters. The smallest absolute Gasteiger partial charge is 0.326 e. The Morgan fingerprint density at radius 2 is 2.07 bits per heavy atom. The predicted octanol–water partition coefficient (Wildman–Crippen LogP) is 2.52. The van der Waals surface area contributed by atoms with Crippen molar-refractivity contribution in [3.63, 3.8) is 0 Å². The van der Waals surface area contributed by atoms with Crippen LogP contribution in [-0.4, -0.2) is 49.9 Å². The van der Waals surface area contributed by atoms with Gasteiger partial charge in [0.05, 0.1) is 4.91 Å². The zero-order valence-electron chi connectivity index (χ0n) is 14.0. The van der Waals surface area contributed by atoms with Gasteiger partial charge in [-0.3, -0.25) is 14.5 Å². The molecular weight excluding hydrogens is 390 g/mol. The average molecular weight is 405 g/mol. The van der Waals surface area contributed by atoms with Gasteiger partial charge < -0.3 is 14.9 Å². The Labute approximate surface area is 164 Å². The fraction of sp³-hybridized carbons (Fsp3) is 0.222. The normalized spacial score (nSPS) is 18.7. The second-order valence-electron chi connectivity index (χ2n) is 5.88. The lowest BCUT2D eigenvalue weighted by Gasteiger charge is -2.22. The lowest BCUT2D eigenvalue weighted by molar-refractivity contribution is -0.146. The Hall–Kier alpha value is -2.65. The van der Waals surface area contributed by atoms with Crippen LogP contribution in [0.5, 0.6) is 5.75 Å². The number of rotatable bonds is 6. The number of fused-ring (bicyclic) bond motifs is 1. The lowest BCUT2D eigenvalue weighted by atomic mass is 10.1. The zero-order valence-corrected chi connectivity index (χ0v) is 15.6. The van der Waals surface area contributed by atoms with Gasteiger partial charge in [-0.1, -0.05) is 42.2 Å². The van der Waals surface area contributed by atoms with Crippen LogP contribution in [0.1, 0.15) is 18.4 Å². The number of nitrogens with zero attached hydrogens (tertiary/aromatic N) is 1. The summed E-state index contributed by atoms with van der Waals surface area (Å²) in [6, 6.07) is 6.17. The van der Waals surface area contributed by atoms with Gasteiger partial charge >= 0.3 is 11.9 Å². The van der Waals surface area contributed by atoms with Crippen LogP contribution in [0.4, 0.5) is 0 Å². The van der Waals surface area contributed by atoms with E-state index in [1.165, 1.54) is 0 Å². The number of para-hydroxylation sites is 1. The largest absolute Gasteiger partial charge is 0.488 e. The lowest BCUT2D eigenvalue weighted by Crippen LogP contribution is -2.44. The number of benzene rings is 1. The van der Waals surface area contributed by atoms with E-state index in [9.17, 15) is 19.5 Å². The van der Waals surface area contributed by atoms with Crippen molar-refractivity contribution in [1.82, 2.24) is 4.90 Å². The first-order valence-electron chi connectivity index (χ1n) is 8.01. The summed E-state index contributed by atoms with van der Waals surface area (Å²) >= 11 is 6.16. The summed E-state index contributed by atoms with van der Waals surface area (Å²) in [4.78, 5) is 36.2. The molecule has 9 heteroatoms. The molecule has 0 saturated carbocycles. The summed E-state index contributed by atoms with van der Waals surface area (Å²) < 4.78 is 5.75. The van der Waals surface area contributed by atoms with Crippen molar-refractivity contribution in [3.8, 4) is 5.75 Å². The average Bonchev–Trinajstić information content (AvgIpc) is 2.89. The number of hydrogen-bond donors (Lipinski definition) is 2. The third-order valence-corrected chi connectivity index (χ3v) is 5.35. The van der Waals surface area contributed by atoms with E-state index in [-0.39, 0.29) is 28.7 Å². The monoisotopic (exact) mass is 405 g/mol. The highest BCUT2D eigenvalue weighted by molar-refractivity contribution is 8.26. The molecule has 1 aromatic carbocycles. The van der Waals surface area contributed by atoms with Crippen LogP contribution in [0.25, 0.3) is 6.08 Å². The van der Waals surface area contributed by atoms with Crippen molar-refractivity contribution in [3.05, 3.63) is 46.4 Å². The van der Waals surface area contributed by atoms with Crippen LogP contribution in [0, 0.1) is 0 Å². The Kier molecular flexibility index (Phi) is 5.62. The van der Waals surface area contributed by atoms with Gasteiger partial charge in [0.15, 0.2) is 0 Å². The molecule has 0 spiro atoms. The summed E-state index contributed by atoms with van der Waals surface area (Å²) in [6.45, 7) is 0.280. The van der Waals surface area contributed by atoms with Crippen LogP contribution in [0.15, 0.2) is 40.8 Å². The van der Waals surface area contributed by atoms with Gasteiger partial charge in [0, 0.05) is 12.0 Å². The first kappa shape index (κ1) is 19.1. The Morgan fingerprint density at radius 3 is 2.78 bits per heavy atom. The quantitative estimate of drug-likeness (QED) is 0.550. The van der Waals surface area contributed by atoms with Crippen LogP contribution in [0.2, 0.25) is 0 Å². The third-order valence-electron chi connectivity index (χ3n) is 4.02. The summed E-state index contributed by atoms with van der Waals surface area (Å²) in [7, 11) is 0. The maximum absolute atomic E-state index is 12.7. The van der Waals surface area contributed by atoms with Crippen LogP contribution in [-0.2, 0) is 14.4 Å². The van der Waals surface area contributed by atoms with Gasteiger partial charge in [0.1, 0.15) is 22.7 Å². The van der Waals surface area contributed by atoms with Gasteiger partial charge in [-0.25, -0.2) is 4.79 Å². The number of thioether (sulfide) groups is 1. The topological polar surface area (TPSA) is 104 Å². The van der Waals surface area contributed by atoms with Crippen molar-refractivity contribution >= 4 is 52.2 Å². The fourth-order valence-corrected chi connectivity index (χ4v) is 4.13. The minimum absolute atomic E-state index is 0.0989. The highest BCUT2D eigenvalue weighted by Gasteiger charge is 2.40. The van der Waals surface area contributed by atoms with Crippen molar-refractivity contribution in [2.75, 3.05) is 6.61 Å². The summed E-state index contributed by atoms with van der Waals surface area (Å²) in [6.07, 6.45) is 2.93. The van der Waals surface area contributed by atoms with Gasteiger partial charge in [0.25, 0.3) is 5.91 Å². The van der Waals surface area contributed by atoms with E-state index in [0.29, 0.717) is 0 Å². The molecule has 1 fully saturated rings. The van der Waals surface area contributed by atoms with E-state index in [1.807, 2.05) is 30.3 Å². The molecule has 2 aliphatic rings. The number of ether oxygens (including phenoxy) is 1. The molecule has 0 bridgehead atoms. The van der Waals surface area contributed by atoms with Gasteiger partial charge in [-0.2, -0.15) is 0 Å². The summed E-state index contributed by atoms with van der Waals surface area (Å²) in [5.74, 6) is -2.21. The number of aliphatic carboxylic acids is 2. The molecule has 140 valence electrons. The molecule has 27 heavy (non-hydrogen) atoms. The van der Waals surface area contributed by atoms with Crippen LogP contribution >= 0.6 is 24.0 Å². The van der Waals surface area contributed by atoms with Crippen molar-refractivity contribution in [2.24, 2.45) is 0 Å². The molecular formula is C18H15NO6S2. The number of amides is 1. The van der Waals surface area contributed by atoms with E-state index >= 15 is 0 Å². The number of thiocarbonyl (C=S) groups is 1. The van der Waals surface area contributed by atoms with E-state index in [4.69, 9.17) is 22.1 Å². The molecule has 1 saturated heterocycles. The predicted molar refractivity (Wildman–Crippen MR) is 103 cm³/mol. The second kappa shape index (κ2) is 7.93. The summed E-state index contributed by atoms with van der Waals surface area (Å²) in [5.41, 5.74) is 1.64. The van der Waals surface area contributed by atoms with Gasteiger partial charge in [0.2, 0.25) is 0 Å². The molecule has 1 aromatic rings. The molecule has 2 N–H and O–H groups in total. The van der Waals surface area contributed by atoms with E-state index in [1.54, 1.807) is 6.08 Å². The fourth-order valence-electron chi connectivity index (χ4n) is 2.76. The van der Waals surface area contributed by atoms with Crippen molar-refractivity contribution < 1.29 is 29.3 Å². The summed E-state index contributed by atoms with van der Waals surface area (Å²) in [5, 5.41) is 18.2. The minimum atomic E-state index is -1.31. The van der Waals surface area contributed by atoms with Crippen molar-refractivity contribution in [2.45, 2.75) is 18.9 Å². The van der Waals surface area contributed by atoms with Gasteiger partial charge in [-0.05, 0) is 30.2 Å². The molecule has 1 amide bonds. The highest BCUT2D eigenvalue weighted by atomic mass is 32.2. The molecule has 7 nitrogen and oxygen atoms in total. The number of carbonyl (C=O) groups is 3. The van der Waals surface area contributed by atoms with Crippen LogP contribution < -0.4 is 4.74 Å². The van der Waals surface area contributed by atoms with Crippen molar-refractivity contribution in [1.29, 1.82) is 0 Å². The number of hydrogen-bond acceptors (Lipinski definition) is 6. The molecule has 2 heterocycles. The molecule has 0 aliphatic carbocycles. The molecule has 2 aliphatic heterocycles. The highest BCUT2D eigenvalue weighted by Crippen LogP contribution is 2.35. The molecule has 1 atom stereocenters. The first-order valence-corrected chi connectivity index (χ1v) is 9.23.